The van der Waals surface area contributed by atoms with Gasteiger partial charge in [0.1, 0.15) is 12.2 Å². The lowest BCUT2D eigenvalue weighted by Gasteiger charge is -2.37. The summed E-state index contributed by atoms with van der Waals surface area (Å²) >= 11 is 0. The van der Waals surface area contributed by atoms with Crippen LogP contribution in [-0.2, 0) is 11.2 Å². The molecular formula is C30H40O4. The lowest BCUT2D eigenvalue weighted by atomic mass is 9.68. The lowest BCUT2D eigenvalue weighted by molar-refractivity contribution is -0.181. The molecule has 0 bridgehead atoms. The van der Waals surface area contributed by atoms with Gasteiger partial charge in [0.2, 0.25) is 0 Å². The maximum atomic E-state index is 10.2. The summed E-state index contributed by atoms with van der Waals surface area (Å²) in [5, 5.41) is 29.8. The van der Waals surface area contributed by atoms with Crippen LogP contribution in [0.15, 0.2) is 42.5 Å². The number of aliphatic hydroxyl groups is 3. The molecule has 5 rings (SSSR count). The van der Waals surface area contributed by atoms with E-state index in [-0.39, 0.29) is 12.7 Å². The van der Waals surface area contributed by atoms with Crippen molar-refractivity contribution in [3.8, 4) is 0 Å². The van der Waals surface area contributed by atoms with E-state index in [1.807, 2.05) is 6.07 Å². The van der Waals surface area contributed by atoms with Crippen LogP contribution in [0, 0.1) is 12.3 Å². The molecule has 184 valence electrons. The van der Waals surface area contributed by atoms with E-state index in [1.165, 1.54) is 73.6 Å². The summed E-state index contributed by atoms with van der Waals surface area (Å²) in [6.07, 6.45) is 9.49. The molecule has 4 heteroatoms. The first-order valence-electron chi connectivity index (χ1n) is 13.3. The third-order valence-electron chi connectivity index (χ3n) is 9.05. The fourth-order valence-electron chi connectivity index (χ4n) is 6.72. The van der Waals surface area contributed by atoms with E-state index in [4.69, 9.17) is 4.74 Å². The van der Waals surface area contributed by atoms with Crippen LogP contribution in [0.2, 0.25) is 0 Å². The Kier molecular flexibility index (Phi) is 7.13. The maximum Gasteiger partial charge on any atom is 0.110 e. The molecule has 1 aliphatic heterocycles. The minimum Gasteiger partial charge on any atom is -0.394 e. The van der Waals surface area contributed by atoms with E-state index < -0.39 is 18.3 Å². The van der Waals surface area contributed by atoms with E-state index in [9.17, 15) is 15.3 Å². The predicted molar refractivity (Wildman–Crippen MR) is 134 cm³/mol. The molecule has 34 heavy (non-hydrogen) atoms. The van der Waals surface area contributed by atoms with Gasteiger partial charge in [-0.2, -0.15) is 0 Å². The van der Waals surface area contributed by atoms with Crippen molar-refractivity contribution in [3.05, 3.63) is 70.3 Å². The first-order valence-corrected chi connectivity index (χ1v) is 13.3. The Labute approximate surface area is 204 Å². The number of ether oxygens (including phenoxy) is 1. The van der Waals surface area contributed by atoms with E-state index in [1.54, 1.807) is 0 Å². The van der Waals surface area contributed by atoms with Crippen molar-refractivity contribution >= 4 is 0 Å². The molecule has 1 saturated heterocycles. The zero-order valence-electron chi connectivity index (χ0n) is 20.5. The quantitative estimate of drug-likeness (QED) is 0.558. The maximum absolute atomic E-state index is 10.2. The van der Waals surface area contributed by atoms with Crippen LogP contribution in [0.3, 0.4) is 0 Å². The standard InChI is InChI=1S/C30H40O4/c1-20-4-7-24(27-18-26(32)29(33)28(19-31)34-27)17-25(20)16-21-5-8-22(9-6-21)23-10-14-30(15-11-23)12-2-3-13-30/h4-9,17,23,26-29,31-33H,2-3,10-16,18-19H2,1H3/t26?,27-,28?,29-/m0/s1. The van der Waals surface area contributed by atoms with Gasteiger partial charge in [-0.05, 0) is 91.0 Å². The van der Waals surface area contributed by atoms with Crippen LogP contribution >= 0.6 is 0 Å². The largest absolute Gasteiger partial charge is 0.394 e. The molecule has 4 atom stereocenters. The summed E-state index contributed by atoms with van der Waals surface area (Å²) in [4.78, 5) is 0. The Morgan fingerprint density at radius 1 is 0.912 bits per heavy atom. The highest BCUT2D eigenvalue weighted by Crippen LogP contribution is 2.52. The Morgan fingerprint density at radius 2 is 1.59 bits per heavy atom. The van der Waals surface area contributed by atoms with Gasteiger partial charge >= 0.3 is 0 Å². The molecule has 2 aliphatic carbocycles. The van der Waals surface area contributed by atoms with Crippen LogP contribution in [0.5, 0.6) is 0 Å². The molecule has 0 radical (unpaired) electrons. The predicted octanol–water partition coefficient (Wildman–Crippen LogP) is 5.35. The van der Waals surface area contributed by atoms with Crippen LogP contribution < -0.4 is 0 Å². The van der Waals surface area contributed by atoms with Gasteiger partial charge in [0, 0.05) is 6.42 Å². The minimum absolute atomic E-state index is 0.304. The van der Waals surface area contributed by atoms with Crippen molar-refractivity contribution in [2.75, 3.05) is 6.61 Å². The van der Waals surface area contributed by atoms with Crippen molar-refractivity contribution in [3.63, 3.8) is 0 Å². The summed E-state index contributed by atoms with van der Waals surface area (Å²) in [7, 11) is 0. The monoisotopic (exact) mass is 464 g/mol. The minimum atomic E-state index is -1.04. The third kappa shape index (κ3) is 4.97. The van der Waals surface area contributed by atoms with Gasteiger partial charge < -0.3 is 20.1 Å². The second-order valence-corrected chi connectivity index (χ2v) is 11.2. The number of hydrogen-bond acceptors (Lipinski definition) is 4. The zero-order chi connectivity index (χ0) is 23.7. The van der Waals surface area contributed by atoms with Gasteiger partial charge in [-0.3, -0.25) is 0 Å². The van der Waals surface area contributed by atoms with Crippen LogP contribution in [-0.4, -0.2) is 40.2 Å². The van der Waals surface area contributed by atoms with Crippen molar-refractivity contribution in [1.29, 1.82) is 0 Å². The Balaban J connectivity index is 1.25. The lowest BCUT2D eigenvalue weighted by Crippen LogP contribution is -2.47. The normalized spacial score (nSPS) is 29.5. The van der Waals surface area contributed by atoms with E-state index in [2.05, 4.69) is 43.3 Å². The van der Waals surface area contributed by atoms with Gasteiger partial charge in [0.15, 0.2) is 0 Å². The smallest absolute Gasteiger partial charge is 0.110 e. The van der Waals surface area contributed by atoms with Gasteiger partial charge in [-0.15, -0.1) is 0 Å². The summed E-state index contributed by atoms with van der Waals surface area (Å²) in [5.41, 5.74) is 6.96. The van der Waals surface area contributed by atoms with Crippen molar-refractivity contribution in [1.82, 2.24) is 0 Å². The Morgan fingerprint density at radius 3 is 2.26 bits per heavy atom. The number of rotatable bonds is 5. The molecule has 2 unspecified atom stereocenters. The van der Waals surface area contributed by atoms with Gasteiger partial charge in [0.05, 0.1) is 18.8 Å². The first-order chi connectivity index (χ1) is 16.5. The topological polar surface area (TPSA) is 69.9 Å². The number of hydrogen-bond donors (Lipinski definition) is 3. The molecule has 2 aromatic rings. The van der Waals surface area contributed by atoms with E-state index >= 15 is 0 Å². The second kappa shape index (κ2) is 10.1. The van der Waals surface area contributed by atoms with Gasteiger partial charge in [-0.1, -0.05) is 55.3 Å². The second-order valence-electron chi connectivity index (χ2n) is 11.2. The van der Waals surface area contributed by atoms with E-state index in [0.717, 1.165) is 17.9 Å². The highest BCUT2D eigenvalue weighted by molar-refractivity contribution is 5.37. The molecule has 1 heterocycles. The summed E-state index contributed by atoms with van der Waals surface area (Å²) in [6.45, 7) is 1.83. The van der Waals surface area contributed by atoms with Crippen LogP contribution in [0.4, 0.5) is 0 Å². The molecule has 2 saturated carbocycles. The first kappa shape index (κ1) is 24.0. The molecule has 1 spiro atoms. The highest BCUT2D eigenvalue weighted by Gasteiger charge is 2.38. The summed E-state index contributed by atoms with van der Waals surface area (Å²) < 4.78 is 5.91. The molecule has 0 amide bonds. The molecule has 4 nitrogen and oxygen atoms in total. The molecule has 3 fully saturated rings. The van der Waals surface area contributed by atoms with Crippen LogP contribution in [0.1, 0.15) is 97.6 Å². The molecular weight excluding hydrogens is 424 g/mol. The fraction of sp³-hybridized carbons (Fsp3) is 0.600. The fourth-order valence-corrected chi connectivity index (χ4v) is 6.72. The zero-order valence-corrected chi connectivity index (χ0v) is 20.5. The molecule has 0 aromatic heterocycles. The van der Waals surface area contributed by atoms with E-state index in [0.29, 0.717) is 11.8 Å². The molecule has 2 aromatic carbocycles. The third-order valence-corrected chi connectivity index (χ3v) is 9.05. The van der Waals surface area contributed by atoms with Crippen molar-refractivity contribution in [2.24, 2.45) is 5.41 Å². The Hall–Kier alpha value is -1.72. The highest BCUT2D eigenvalue weighted by atomic mass is 16.5. The molecule has 3 aliphatic rings. The van der Waals surface area contributed by atoms with Crippen molar-refractivity contribution < 1.29 is 20.1 Å². The van der Waals surface area contributed by atoms with Gasteiger partial charge in [0.25, 0.3) is 0 Å². The SMILES string of the molecule is Cc1ccc([C@@H]2CC(O)[C@H](O)C(CO)O2)cc1Cc1ccc(C2CCC3(CCCC3)CC2)cc1. The van der Waals surface area contributed by atoms with Gasteiger partial charge in [-0.25, -0.2) is 0 Å². The number of benzene rings is 2. The number of aryl methyl sites for hydroxylation is 1. The summed E-state index contributed by atoms with van der Waals surface area (Å²) in [5.74, 6) is 0.718. The van der Waals surface area contributed by atoms with Crippen molar-refractivity contribution in [2.45, 2.75) is 101 Å². The van der Waals surface area contributed by atoms with Crippen LogP contribution in [0.25, 0.3) is 0 Å². The summed E-state index contributed by atoms with van der Waals surface area (Å²) in [6, 6.07) is 15.6. The molecule has 3 N–H and O–H groups in total. The number of aliphatic hydroxyl groups excluding tert-OH is 3. The average molecular weight is 465 g/mol. The average Bonchev–Trinajstić information content (AvgIpc) is 3.31. The Bertz CT molecular complexity index is 952.